The van der Waals surface area contributed by atoms with Crippen LogP contribution in [0.25, 0.3) is 0 Å². The lowest BCUT2D eigenvalue weighted by Gasteiger charge is -2.38. The molecule has 0 aromatic carbocycles. The van der Waals surface area contributed by atoms with Crippen molar-refractivity contribution in [3.63, 3.8) is 0 Å². The second-order valence-electron chi connectivity index (χ2n) is 11.4. The van der Waals surface area contributed by atoms with E-state index in [1.54, 1.807) is 7.11 Å². The number of alkyl halides is 3. The zero-order valence-corrected chi connectivity index (χ0v) is 20.7. The fourth-order valence-corrected chi connectivity index (χ4v) is 7.09. The van der Waals surface area contributed by atoms with Crippen molar-refractivity contribution in [3.05, 3.63) is 29.1 Å². The smallest absolute Gasteiger partial charge is 0.379 e. The monoisotopic (exact) mass is 508 g/mol. The number of nitrogens with one attached hydrogen (secondary N) is 1. The van der Waals surface area contributed by atoms with Crippen molar-refractivity contribution < 1.29 is 27.4 Å². The first-order valence-electron chi connectivity index (χ1n) is 13.2. The number of halogens is 3. The Labute approximate surface area is 209 Å². The highest BCUT2D eigenvalue weighted by molar-refractivity contribution is 5.84. The molecule has 2 saturated carbocycles. The molecule has 5 aliphatic rings. The van der Waals surface area contributed by atoms with Gasteiger partial charge in [0.1, 0.15) is 0 Å². The van der Waals surface area contributed by atoms with Gasteiger partial charge in [-0.1, -0.05) is 0 Å². The van der Waals surface area contributed by atoms with E-state index in [1.165, 1.54) is 18.9 Å². The predicted molar refractivity (Wildman–Crippen MR) is 125 cm³/mol. The molecule has 5 atom stereocenters. The SMILES string of the molecule is COC1COCCC1N[C@@H]1C[C@H]2CN(C3CC3)C[C@@]2(C(=O)N2CCc3ncc(C(F)(F)F)cc3C2)C1. The second-order valence-corrected chi connectivity index (χ2v) is 11.4. The lowest BCUT2D eigenvalue weighted by atomic mass is 9.78. The quantitative estimate of drug-likeness (QED) is 0.660. The minimum atomic E-state index is -4.44. The Morgan fingerprint density at radius 2 is 2.14 bits per heavy atom. The molecule has 4 heterocycles. The van der Waals surface area contributed by atoms with E-state index in [0.717, 1.165) is 38.5 Å². The molecule has 1 amide bonds. The maximum atomic E-state index is 14.2. The van der Waals surface area contributed by atoms with Crippen LogP contribution in [-0.2, 0) is 33.4 Å². The van der Waals surface area contributed by atoms with Gasteiger partial charge in [0, 0.05) is 76.3 Å². The summed E-state index contributed by atoms with van der Waals surface area (Å²) in [6.45, 7) is 3.67. The summed E-state index contributed by atoms with van der Waals surface area (Å²) < 4.78 is 51.1. The maximum absolute atomic E-state index is 14.2. The topological polar surface area (TPSA) is 66.9 Å². The van der Waals surface area contributed by atoms with E-state index in [1.807, 2.05) is 4.90 Å². The van der Waals surface area contributed by atoms with Crippen LogP contribution in [0.3, 0.4) is 0 Å². The Morgan fingerprint density at radius 3 is 2.89 bits per heavy atom. The summed E-state index contributed by atoms with van der Waals surface area (Å²) in [6.07, 6.45) is 1.93. The van der Waals surface area contributed by atoms with Crippen LogP contribution < -0.4 is 5.32 Å². The first kappa shape index (κ1) is 24.6. The highest BCUT2D eigenvalue weighted by Gasteiger charge is 2.60. The minimum Gasteiger partial charge on any atom is -0.379 e. The Kier molecular flexibility index (Phi) is 6.29. The molecule has 2 unspecified atom stereocenters. The van der Waals surface area contributed by atoms with Crippen molar-refractivity contribution in [2.24, 2.45) is 11.3 Å². The number of methoxy groups -OCH3 is 1. The molecule has 1 aromatic heterocycles. The predicted octanol–water partition coefficient (Wildman–Crippen LogP) is 2.62. The van der Waals surface area contributed by atoms with Crippen molar-refractivity contribution in [1.29, 1.82) is 0 Å². The van der Waals surface area contributed by atoms with Crippen LogP contribution in [0, 0.1) is 11.3 Å². The zero-order chi connectivity index (χ0) is 25.1. The van der Waals surface area contributed by atoms with E-state index >= 15 is 0 Å². The molecule has 0 radical (unpaired) electrons. The molecular formula is C26H35F3N4O3. The number of carbonyl (C=O) groups is 1. The van der Waals surface area contributed by atoms with Gasteiger partial charge in [-0.05, 0) is 49.7 Å². The van der Waals surface area contributed by atoms with E-state index in [0.29, 0.717) is 43.5 Å². The molecule has 2 saturated heterocycles. The zero-order valence-electron chi connectivity index (χ0n) is 20.7. The molecule has 6 rings (SSSR count). The summed E-state index contributed by atoms with van der Waals surface area (Å²) in [5.74, 6) is 0.364. The number of aromatic nitrogens is 1. The molecule has 198 valence electrons. The van der Waals surface area contributed by atoms with Crippen LogP contribution in [0.15, 0.2) is 12.3 Å². The first-order chi connectivity index (χ1) is 17.3. The maximum Gasteiger partial charge on any atom is 0.417 e. The Hall–Kier alpha value is -1.75. The van der Waals surface area contributed by atoms with E-state index in [4.69, 9.17) is 9.47 Å². The summed E-state index contributed by atoms with van der Waals surface area (Å²) in [5, 5.41) is 3.80. The third-order valence-electron chi connectivity index (χ3n) is 9.10. The summed E-state index contributed by atoms with van der Waals surface area (Å²) in [5.41, 5.74) is -0.0438. The molecular weight excluding hydrogens is 473 g/mol. The number of rotatable bonds is 5. The summed E-state index contributed by atoms with van der Waals surface area (Å²) >= 11 is 0. The fraction of sp³-hybridized carbons (Fsp3) is 0.769. The number of carbonyl (C=O) groups excluding carboxylic acids is 1. The lowest BCUT2D eigenvalue weighted by Crippen LogP contribution is -2.52. The number of pyridine rings is 1. The molecule has 1 N–H and O–H groups in total. The normalized spacial score (nSPS) is 35.1. The average Bonchev–Trinajstić information content (AvgIpc) is 3.57. The first-order valence-corrected chi connectivity index (χ1v) is 13.2. The van der Waals surface area contributed by atoms with Crippen molar-refractivity contribution in [3.8, 4) is 0 Å². The van der Waals surface area contributed by atoms with Gasteiger partial charge in [-0.25, -0.2) is 0 Å². The standard InChI is InChI=1S/C26H35F3N4O3/c1-35-23-14-36-7-5-22(23)31-19-9-18-13-33(20-2-3-20)15-25(18,10-19)24(34)32-6-4-21-16(12-32)8-17(11-30-21)26(27,28)29/h8,11,18-20,22-23,31H,2-7,9-10,12-15H2,1H3/t18-,19+,22?,23?,25-/m0/s1. The number of hydrogen-bond acceptors (Lipinski definition) is 6. The van der Waals surface area contributed by atoms with Crippen LogP contribution in [0.2, 0.25) is 0 Å². The minimum absolute atomic E-state index is 0.00253. The number of likely N-dealkylation sites (tertiary alicyclic amines) is 1. The molecule has 4 fully saturated rings. The molecule has 36 heavy (non-hydrogen) atoms. The van der Waals surface area contributed by atoms with Crippen LogP contribution in [0.1, 0.15) is 48.9 Å². The van der Waals surface area contributed by atoms with Crippen LogP contribution in [0.4, 0.5) is 13.2 Å². The van der Waals surface area contributed by atoms with Gasteiger partial charge in [0.2, 0.25) is 5.91 Å². The van der Waals surface area contributed by atoms with Gasteiger partial charge in [-0.15, -0.1) is 0 Å². The second kappa shape index (κ2) is 9.22. The number of fused-ring (bicyclic) bond motifs is 2. The molecule has 1 aromatic rings. The van der Waals surface area contributed by atoms with Crippen molar-refractivity contribution in [2.75, 3.05) is 40.0 Å². The van der Waals surface area contributed by atoms with Gasteiger partial charge in [0.25, 0.3) is 0 Å². The van der Waals surface area contributed by atoms with Gasteiger partial charge in [0.05, 0.1) is 23.7 Å². The number of hydrogen-bond donors (Lipinski definition) is 1. The van der Waals surface area contributed by atoms with Crippen LogP contribution in [0.5, 0.6) is 0 Å². The fourth-order valence-electron chi connectivity index (χ4n) is 7.09. The van der Waals surface area contributed by atoms with Crippen LogP contribution >= 0.6 is 0 Å². The van der Waals surface area contributed by atoms with Gasteiger partial charge < -0.3 is 19.7 Å². The summed E-state index contributed by atoms with van der Waals surface area (Å²) in [7, 11) is 1.71. The number of nitrogens with zero attached hydrogens (tertiary/aromatic N) is 3. The van der Waals surface area contributed by atoms with E-state index < -0.39 is 17.2 Å². The number of ether oxygens (including phenoxy) is 2. The van der Waals surface area contributed by atoms with Gasteiger partial charge in [-0.2, -0.15) is 13.2 Å². The Bertz CT molecular complexity index is 1000. The van der Waals surface area contributed by atoms with E-state index in [-0.39, 0.29) is 36.6 Å². The molecule has 7 nitrogen and oxygen atoms in total. The summed E-state index contributed by atoms with van der Waals surface area (Å²) in [4.78, 5) is 22.6. The third kappa shape index (κ3) is 4.44. The summed E-state index contributed by atoms with van der Waals surface area (Å²) in [6, 6.07) is 2.18. The molecule has 10 heteroatoms. The highest BCUT2D eigenvalue weighted by Crippen LogP contribution is 2.52. The third-order valence-corrected chi connectivity index (χ3v) is 9.10. The van der Waals surface area contributed by atoms with Crippen molar-refractivity contribution >= 4 is 5.91 Å². The molecule has 0 spiro atoms. The molecule has 3 aliphatic heterocycles. The van der Waals surface area contributed by atoms with Gasteiger partial charge in [-0.3, -0.25) is 14.7 Å². The lowest BCUT2D eigenvalue weighted by molar-refractivity contribution is -0.144. The van der Waals surface area contributed by atoms with E-state index in [2.05, 4.69) is 15.2 Å². The van der Waals surface area contributed by atoms with Gasteiger partial charge >= 0.3 is 6.18 Å². The van der Waals surface area contributed by atoms with Crippen molar-refractivity contribution in [1.82, 2.24) is 20.1 Å². The number of amides is 1. The Morgan fingerprint density at radius 1 is 1.31 bits per heavy atom. The van der Waals surface area contributed by atoms with E-state index in [9.17, 15) is 18.0 Å². The Balaban J connectivity index is 1.21. The van der Waals surface area contributed by atoms with Crippen LogP contribution in [-0.4, -0.2) is 84.9 Å². The van der Waals surface area contributed by atoms with Crippen molar-refractivity contribution in [2.45, 2.75) is 75.5 Å². The average molecular weight is 509 g/mol. The molecule has 0 bridgehead atoms. The van der Waals surface area contributed by atoms with Gasteiger partial charge in [0.15, 0.2) is 0 Å². The highest BCUT2D eigenvalue weighted by atomic mass is 19.4. The largest absolute Gasteiger partial charge is 0.417 e. The molecule has 2 aliphatic carbocycles.